The zero-order valence-electron chi connectivity index (χ0n) is 52.5. The third-order valence-corrected chi connectivity index (χ3v) is 23.3. The van der Waals surface area contributed by atoms with Gasteiger partial charge in [0.2, 0.25) is 10.0 Å². The van der Waals surface area contributed by atoms with E-state index >= 15 is 0 Å². The predicted octanol–water partition coefficient (Wildman–Crippen LogP) is 18.8. The number of nitrogens with zero attached hydrogens (tertiary/aromatic N) is 5. The van der Waals surface area contributed by atoms with Crippen molar-refractivity contribution in [3.63, 3.8) is 0 Å². The van der Waals surface area contributed by atoms with Crippen molar-refractivity contribution in [2.24, 2.45) is 0 Å². The van der Waals surface area contributed by atoms with Crippen molar-refractivity contribution in [2.75, 3.05) is 25.9 Å². The van der Waals surface area contributed by atoms with Crippen molar-refractivity contribution in [3.05, 3.63) is 106 Å². The first-order chi connectivity index (χ1) is 42.3. The van der Waals surface area contributed by atoms with Crippen molar-refractivity contribution in [2.45, 2.75) is 223 Å². The fraction of sp³-hybridized carbons (Fsp3) is 0.507. The molecule has 0 saturated carbocycles. The minimum Gasteiger partial charge on any atom is -0.286 e. The van der Waals surface area contributed by atoms with Crippen LogP contribution >= 0.6 is 0 Å². The van der Waals surface area contributed by atoms with E-state index < -0.39 is 19.6 Å². The maximum absolute atomic E-state index is 15.0. The van der Waals surface area contributed by atoms with Gasteiger partial charge in [-0.2, -0.15) is 8.51 Å². The predicted molar refractivity (Wildman–Crippen MR) is 367 cm³/mol. The lowest BCUT2D eigenvalue weighted by Gasteiger charge is -2.40. The van der Waals surface area contributed by atoms with Gasteiger partial charge in [0.15, 0.2) is 0 Å². The normalized spacial score (nSPS) is 13.4. The summed E-state index contributed by atoms with van der Waals surface area (Å²) in [6, 6.07) is 26.2. The Kier molecular flexibility index (Phi) is 19.8. The highest BCUT2D eigenvalue weighted by atomic mass is 32.3. The van der Waals surface area contributed by atoms with Crippen LogP contribution in [0, 0.1) is 0 Å². The molecule has 11 rings (SSSR count). The van der Waals surface area contributed by atoms with Gasteiger partial charge in [0.1, 0.15) is 11.3 Å². The van der Waals surface area contributed by atoms with Gasteiger partial charge in [-0.05, 0) is 112 Å². The van der Waals surface area contributed by atoms with Crippen LogP contribution < -0.4 is 15.8 Å². The first-order valence-corrected chi connectivity index (χ1v) is 37.5. The van der Waals surface area contributed by atoms with E-state index in [1.54, 1.807) is 49.5 Å². The smallest absolute Gasteiger partial charge is 0.264 e. The Balaban J connectivity index is 0.880. The number of imidazole rings is 2. The van der Waals surface area contributed by atoms with Crippen LogP contribution in [-0.2, 0) is 19.6 Å². The van der Waals surface area contributed by atoms with Gasteiger partial charge in [-0.1, -0.05) is 218 Å². The zero-order chi connectivity index (χ0) is 60.7. The molecule has 0 aliphatic rings. The molecule has 0 saturated heterocycles. The fourth-order valence-electron chi connectivity index (χ4n) is 14.3. The molecule has 7 aromatic carbocycles. The first-order valence-electron chi connectivity index (χ1n) is 33.8. The van der Waals surface area contributed by atoms with E-state index in [-0.39, 0.29) is 20.9 Å². The standard InChI is InChI=1S/C73H94N6O6S2/c1-5-8-11-14-17-20-23-26-29-32-47-74-87(4,84,85)53-36-46-65-63(51-53)76-71-59-42-38-55-56-39-43-60-68-58(41-37-54(66(56)68)57-40-44-61(69(59)67(55)57)73(81)79(65)71)70-75-62-50-52(35-45-64(62)78(70)72(60)80)86(82,83)77(48-33-30-27-24-21-18-15-12-9-6-2)49-34-31-28-25-22-19-16-13-10-7-3/h35-46,50-51H,5-34,47-49H2,1-4H3,(H2,74,84,85). The van der Waals surface area contributed by atoms with E-state index in [2.05, 4.69) is 37.6 Å². The Morgan fingerprint density at radius 3 is 1.18 bits per heavy atom. The number of rotatable bonds is 37. The molecule has 464 valence electrons. The number of sulfonamides is 1. The average molecular weight is 1220 g/mol. The second-order valence-corrected chi connectivity index (χ2v) is 31.0. The van der Waals surface area contributed by atoms with Gasteiger partial charge in [0, 0.05) is 58.2 Å². The maximum Gasteiger partial charge on any atom is 0.264 e. The van der Waals surface area contributed by atoms with Crippen molar-refractivity contribution in [3.8, 4) is 0 Å². The fourth-order valence-corrected chi connectivity index (χ4v) is 17.4. The van der Waals surface area contributed by atoms with Gasteiger partial charge in [-0.25, -0.2) is 23.1 Å². The Bertz CT molecular complexity index is 4450. The number of hydrogen-bond acceptors (Lipinski definition) is 7. The van der Waals surface area contributed by atoms with Crippen LogP contribution in [0.25, 0.3) is 98.0 Å². The third-order valence-electron chi connectivity index (χ3n) is 19.2. The topological polar surface area (TPSA) is 155 Å². The van der Waals surface area contributed by atoms with Crippen molar-refractivity contribution >= 4 is 118 Å². The minimum atomic E-state index is -4.46. The highest BCUT2D eigenvalue weighted by Crippen LogP contribution is 2.46. The van der Waals surface area contributed by atoms with Gasteiger partial charge in [-0.15, -0.1) is 9.53 Å². The molecule has 0 spiro atoms. The number of pyridine rings is 2. The number of fused-ring (bicyclic) bond motifs is 10. The number of unbranched alkanes of at least 4 members (excludes halogenated alkanes) is 27. The molecule has 12 nitrogen and oxygen atoms in total. The van der Waals surface area contributed by atoms with E-state index in [4.69, 9.17) is 9.97 Å². The molecule has 14 heteroatoms. The molecule has 11 aromatic rings. The van der Waals surface area contributed by atoms with E-state index in [1.807, 2.05) is 36.4 Å². The maximum atomic E-state index is 15.0. The molecule has 0 aliphatic carbocycles. The summed E-state index contributed by atoms with van der Waals surface area (Å²) in [6.07, 6.45) is 36.8. The van der Waals surface area contributed by atoms with Crippen LogP contribution in [0.3, 0.4) is 0 Å². The highest BCUT2D eigenvalue weighted by Gasteiger charge is 2.29. The summed E-state index contributed by atoms with van der Waals surface area (Å²) in [7, 11) is -8.33. The zero-order valence-corrected chi connectivity index (χ0v) is 54.1. The molecule has 4 aromatic heterocycles. The van der Waals surface area contributed by atoms with Gasteiger partial charge in [0.05, 0.1) is 31.9 Å². The Morgan fingerprint density at radius 1 is 0.437 bits per heavy atom. The van der Waals surface area contributed by atoms with E-state index in [9.17, 15) is 26.8 Å². The summed E-state index contributed by atoms with van der Waals surface area (Å²) in [5.74, 6) is 0. The van der Waals surface area contributed by atoms with Crippen LogP contribution in [-0.4, -0.2) is 66.1 Å². The number of aromatic nitrogens is 4. The molecule has 87 heavy (non-hydrogen) atoms. The molecule has 4 heterocycles. The minimum absolute atomic E-state index is 0.203. The van der Waals surface area contributed by atoms with Crippen molar-refractivity contribution in [1.82, 2.24) is 27.8 Å². The van der Waals surface area contributed by atoms with Gasteiger partial charge >= 0.3 is 0 Å². The van der Waals surface area contributed by atoms with Gasteiger partial charge in [-0.3, -0.25) is 22.9 Å². The number of hydrogen-bond donors (Lipinski definition) is 2. The van der Waals surface area contributed by atoms with E-state index in [0.717, 1.165) is 112 Å². The largest absolute Gasteiger partial charge is 0.286 e. The monoisotopic (exact) mass is 1210 g/mol. The summed E-state index contributed by atoms with van der Waals surface area (Å²) in [4.78, 5) is 40.4. The molecule has 0 unspecified atom stereocenters. The average Bonchev–Trinajstić information content (AvgIpc) is 1.66. The summed E-state index contributed by atoms with van der Waals surface area (Å²) in [5.41, 5.74) is 2.57. The number of benzene rings is 7. The molecular formula is C73H94N6O6S2. The van der Waals surface area contributed by atoms with Crippen LogP contribution in [0.2, 0.25) is 0 Å². The lowest BCUT2D eigenvalue weighted by atomic mass is 9.86. The molecule has 0 fully saturated rings. The Morgan fingerprint density at radius 2 is 0.770 bits per heavy atom. The SMILES string of the molecule is CCCCCCCCCCCCNS(C)(=O)(O)c1ccc2c(c1)nc1c3ccc4c5ccc6c(=O)n7c8ccc(S(=O)(=O)N(CCCCCCCCCCCC)CCCCCCCCCCCC)cc8nc7c7ccc(c8ccc(c(=O)n21)c3c84)c5c67. The molecule has 0 aliphatic heterocycles. The Labute approximate surface area is 514 Å². The van der Waals surface area contributed by atoms with Gasteiger partial charge in [0.25, 0.3) is 11.1 Å². The summed E-state index contributed by atoms with van der Waals surface area (Å²) in [6.45, 7) is 8.12. The quantitative estimate of drug-likeness (QED) is 0.0222. The van der Waals surface area contributed by atoms with Crippen LogP contribution in [0.5, 0.6) is 0 Å². The number of nitrogens with one attached hydrogen (secondary N) is 1. The third kappa shape index (κ3) is 12.8. The molecule has 0 bridgehead atoms. The summed E-state index contributed by atoms with van der Waals surface area (Å²) < 4.78 is 63.7. The van der Waals surface area contributed by atoms with Gasteiger partial charge < -0.3 is 0 Å². The molecular weight excluding hydrogens is 1120 g/mol. The second-order valence-electron chi connectivity index (χ2n) is 25.7. The summed E-state index contributed by atoms with van der Waals surface area (Å²) in [5, 5.41) is 9.86. The van der Waals surface area contributed by atoms with E-state index in [0.29, 0.717) is 63.8 Å². The van der Waals surface area contributed by atoms with Crippen molar-refractivity contribution < 1.29 is 17.2 Å². The summed E-state index contributed by atoms with van der Waals surface area (Å²) >= 11 is 0. The molecule has 2 N–H and O–H groups in total. The molecule has 0 amide bonds. The van der Waals surface area contributed by atoms with Crippen molar-refractivity contribution in [1.29, 1.82) is 0 Å². The van der Waals surface area contributed by atoms with Crippen LogP contribution in [0.1, 0.15) is 213 Å². The highest BCUT2D eigenvalue weighted by molar-refractivity contribution is 8.12. The van der Waals surface area contributed by atoms with E-state index in [1.165, 1.54) is 141 Å². The molecule has 0 atom stereocenters. The second kappa shape index (κ2) is 27.5. The van der Waals surface area contributed by atoms with Crippen LogP contribution in [0.4, 0.5) is 0 Å². The molecule has 0 radical (unpaired) electrons. The lowest BCUT2D eigenvalue weighted by molar-refractivity contribution is 0.383. The Hall–Kier alpha value is -5.90. The first kappa shape index (κ1) is 62.7. The lowest BCUT2D eigenvalue weighted by Crippen LogP contribution is -2.46. The van der Waals surface area contributed by atoms with Crippen LogP contribution in [0.15, 0.2) is 104 Å².